The Morgan fingerprint density at radius 3 is 2.00 bits per heavy atom. The van der Waals surface area contributed by atoms with E-state index in [1.807, 2.05) is 13.8 Å². The predicted octanol–water partition coefficient (Wildman–Crippen LogP) is 1.62. The van der Waals surface area contributed by atoms with Crippen LogP contribution in [0, 0.1) is 0 Å². The summed E-state index contributed by atoms with van der Waals surface area (Å²) in [5.41, 5.74) is 0. The Balaban J connectivity index is 4.32. The Bertz CT molecular complexity index is 134. The van der Waals surface area contributed by atoms with Gasteiger partial charge in [0.1, 0.15) is 0 Å². The van der Waals surface area contributed by atoms with Gasteiger partial charge in [-0.15, -0.1) is 0 Å². The molecule has 3 radical (unpaired) electrons. The summed E-state index contributed by atoms with van der Waals surface area (Å²) < 4.78 is 10.9. The summed E-state index contributed by atoms with van der Waals surface area (Å²) in [6.45, 7) is 3.85. The summed E-state index contributed by atoms with van der Waals surface area (Å²) in [6.07, 6.45) is 2.15. The van der Waals surface area contributed by atoms with Crippen molar-refractivity contribution in [3.05, 3.63) is 0 Å². The first-order chi connectivity index (χ1) is 5.13. The standard InChI is InChI=1S/C7H14O2PSi/c1-3-7(4-2,5-6-11)10(8)9/h3-6H2,1-2H3. The van der Waals surface area contributed by atoms with Gasteiger partial charge in [0.15, 0.2) is 5.16 Å². The Morgan fingerprint density at radius 2 is 1.91 bits per heavy atom. The summed E-state index contributed by atoms with van der Waals surface area (Å²) >= 11 is 0. The summed E-state index contributed by atoms with van der Waals surface area (Å²) in [5, 5.41) is -0.461. The van der Waals surface area contributed by atoms with Crippen molar-refractivity contribution in [1.82, 2.24) is 0 Å². The highest BCUT2D eigenvalue weighted by molar-refractivity contribution is 7.38. The van der Waals surface area contributed by atoms with E-state index in [2.05, 4.69) is 10.2 Å². The highest BCUT2D eigenvalue weighted by atomic mass is 31.1. The SMILES string of the molecule is CCC(CC)(CC[Si])[P+](=O)[O-]. The average molecular weight is 189 g/mol. The van der Waals surface area contributed by atoms with Gasteiger partial charge in [-0.1, -0.05) is 24.5 Å². The topological polar surface area (TPSA) is 40.1 Å². The van der Waals surface area contributed by atoms with Crippen LogP contribution < -0.4 is 4.89 Å². The van der Waals surface area contributed by atoms with Gasteiger partial charge in [0, 0.05) is 10.2 Å². The van der Waals surface area contributed by atoms with Crippen molar-refractivity contribution >= 4 is 18.3 Å². The lowest BCUT2D eigenvalue weighted by atomic mass is 9.99. The van der Waals surface area contributed by atoms with E-state index in [9.17, 15) is 9.46 Å². The van der Waals surface area contributed by atoms with Crippen molar-refractivity contribution in [3.8, 4) is 0 Å². The van der Waals surface area contributed by atoms with Crippen molar-refractivity contribution in [3.63, 3.8) is 0 Å². The Morgan fingerprint density at radius 1 is 1.45 bits per heavy atom. The van der Waals surface area contributed by atoms with E-state index in [4.69, 9.17) is 0 Å². The monoisotopic (exact) mass is 189 g/mol. The summed E-state index contributed by atoms with van der Waals surface area (Å²) in [4.78, 5) is 10.9. The van der Waals surface area contributed by atoms with Gasteiger partial charge >= 0.3 is 8.03 Å². The van der Waals surface area contributed by atoms with Crippen molar-refractivity contribution in [2.45, 2.75) is 44.3 Å². The van der Waals surface area contributed by atoms with Crippen LogP contribution in [0.3, 0.4) is 0 Å². The Kier molecular flexibility index (Phi) is 5.14. The lowest BCUT2D eigenvalue weighted by Crippen LogP contribution is -2.26. The second-order valence-corrected chi connectivity index (χ2v) is 4.65. The van der Waals surface area contributed by atoms with Crippen LogP contribution in [-0.4, -0.2) is 15.4 Å². The molecule has 0 fully saturated rings. The minimum Gasteiger partial charge on any atom is -0.595 e. The predicted molar refractivity (Wildman–Crippen MR) is 46.1 cm³/mol. The molecule has 0 aliphatic rings. The molecule has 0 aliphatic carbocycles. The maximum Gasteiger partial charge on any atom is 0.315 e. The van der Waals surface area contributed by atoms with E-state index in [-0.39, 0.29) is 0 Å². The van der Waals surface area contributed by atoms with E-state index < -0.39 is 13.2 Å². The van der Waals surface area contributed by atoms with E-state index in [1.54, 1.807) is 0 Å². The van der Waals surface area contributed by atoms with Crippen LogP contribution in [0.4, 0.5) is 0 Å². The Hall–Kier alpha value is 0.277. The zero-order chi connectivity index (χ0) is 8.91. The molecule has 0 spiro atoms. The van der Waals surface area contributed by atoms with Gasteiger partial charge in [0.2, 0.25) is 0 Å². The van der Waals surface area contributed by atoms with E-state index >= 15 is 0 Å². The molecule has 4 heteroatoms. The molecule has 0 aromatic carbocycles. The van der Waals surface area contributed by atoms with Gasteiger partial charge in [-0.3, -0.25) is 0 Å². The second kappa shape index (κ2) is 5.02. The molecule has 0 rings (SSSR count). The molecular weight excluding hydrogens is 175 g/mol. The van der Waals surface area contributed by atoms with E-state index in [0.29, 0.717) is 12.8 Å². The molecule has 0 aromatic heterocycles. The zero-order valence-corrected chi connectivity index (χ0v) is 8.99. The third kappa shape index (κ3) is 2.66. The zero-order valence-electron chi connectivity index (χ0n) is 7.09. The van der Waals surface area contributed by atoms with Gasteiger partial charge in [0.25, 0.3) is 0 Å². The van der Waals surface area contributed by atoms with Crippen molar-refractivity contribution < 1.29 is 9.46 Å². The van der Waals surface area contributed by atoms with Crippen molar-refractivity contribution in [1.29, 1.82) is 0 Å². The van der Waals surface area contributed by atoms with Gasteiger partial charge in [0.05, 0.1) is 0 Å². The first kappa shape index (κ1) is 11.3. The summed E-state index contributed by atoms with van der Waals surface area (Å²) in [6, 6.07) is 0.755. The van der Waals surface area contributed by atoms with Gasteiger partial charge < -0.3 is 4.89 Å². The van der Waals surface area contributed by atoms with Crippen LogP contribution in [0.5, 0.6) is 0 Å². The second-order valence-electron chi connectivity index (χ2n) is 2.69. The highest BCUT2D eigenvalue weighted by Gasteiger charge is 2.38. The van der Waals surface area contributed by atoms with Crippen LogP contribution >= 0.6 is 8.03 Å². The Labute approximate surface area is 72.7 Å². The van der Waals surface area contributed by atoms with Gasteiger partial charge in [-0.05, 0) is 19.3 Å². The molecule has 0 amide bonds. The number of hydrogen-bond acceptors (Lipinski definition) is 2. The largest absolute Gasteiger partial charge is 0.595 e. The van der Waals surface area contributed by atoms with Gasteiger partial charge in [-0.25, -0.2) is 0 Å². The van der Waals surface area contributed by atoms with E-state index in [1.165, 1.54) is 0 Å². The molecule has 2 nitrogen and oxygen atoms in total. The van der Waals surface area contributed by atoms with Crippen LogP contribution in [0.1, 0.15) is 33.1 Å². The highest BCUT2D eigenvalue weighted by Crippen LogP contribution is 2.41. The molecule has 0 heterocycles. The number of hydrogen-bond donors (Lipinski definition) is 0. The third-order valence-corrected chi connectivity index (χ3v) is 4.17. The lowest BCUT2D eigenvalue weighted by Gasteiger charge is -2.21. The molecule has 0 N–H and O–H groups in total. The fourth-order valence-corrected chi connectivity index (χ4v) is 2.69. The van der Waals surface area contributed by atoms with Crippen molar-refractivity contribution in [2.24, 2.45) is 0 Å². The van der Waals surface area contributed by atoms with Gasteiger partial charge in [-0.2, -0.15) is 0 Å². The van der Waals surface area contributed by atoms with Crippen LogP contribution in [0.15, 0.2) is 0 Å². The molecule has 0 saturated carbocycles. The molecule has 11 heavy (non-hydrogen) atoms. The van der Waals surface area contributed by atoms with E-state index in [0.717, 1.165) is 12.5 Å². The maximum atomic E-state index is 10.9. The molecule has 63 valence electrons. The summed E-state index contributed by atoms with van der Waals surface area (Å²) in [7, 11) is 1.03. The molecule has 1 atom stereocenters. The molecule has 0 aromatic rings. The minimum atomic E-state index is -2.29. The minimum absolute atomic E-state index is 0.461. The number of rotatable bonds is 5. The molecular formula is C7H14O2PSi. The normalized spacial score (nSPS) is 13.3. The molecule has 0 bridgehead atoms. The van der Waals surface area contributed by atoms with Crippen LogP contribution in [0.25, 0.3) is 0 Å². The smallest absolute Gasteiger partial charge is 0.315 e. The fourth-order valence-electron chi connectivity index (χ4n) is 1.19. The fraction of sp³-hybridized carbons (Fsp3) is 1.00. The quantitative estimate of drug-likeness (QED) is 0.487. The first-order valence-corrected chi connectivity index (χ1v) is 5.80. The van der Waals surface area contributed by atoms with Crippen LogP contribution in [-0.2, 0) is 4.57 Å². The van der Waals surface area contributed by atoms with Crippen LogP contribution in [0.2, 0.25) is 6.04 Å². The first-order valence-electron chi connectivity index (χ1n) is 3.92. The molecule has 0 aliphatic heterocycles. The molecule has 0 saturated heterocycles. The molecule has 1 unspecified atom stereocenters. The summed E-state index contributed by atoms with van der Waals surface area (Å²) in [5.74, 6) is 0. The average Bonchev–Trinajstić information content (AvgIpc) is 2.00. The third-order valence-electron chi connectivity index (χ3n) is 2.29. The lowest BCUT2D eigenvalue weighted by molar-refractivity contribution is -0.170. The maximum absolute atomic E-state index is 10.9. The van der Waals surface area contributed by atoms with Crippen molar-refractivity contribution in [2.75, 3.05) is 0 Å².